The van der Waals surface area contributed by atoms with Crippen molar-refractivity contribution in [1.82, 2.24) is 10.3 Å². The van der Waals surface area contributed by atoms with Gasteiger partial charge in [0, 0.05) is 21.2 Å². The molecule has 164 valence electrons. The van der Waals surface area contributed by atoms with Crippen molar-refractivity contribution in [1.29, 1.82) is 10.5 Å². The first-order chi connectivity index (χ1) is 15.9. The highest BCUT2D eigenvalue weighted by Gasteiger charge is 2.31. The molecule has 0 bridgehead atoms. The fraction of sp³-hybridized carbons (Fsp3) is 0.0909. The fourth-order valence-electron chi connectivity index (χ4n) is 3.46. The number of hydrogen-bond donors (Lipinski definition) is 4. The average molecular weight is 479 g/mol. The van der Waals surface area contributed by atoms with Crippen LogP contribution in [0.25, 0.3) is 0 Å². The lowest BCUT2D eigenvalue weighted by atomic mass is 9.94. The topological polar surface area (TPSA) is 158 Å². The molecule has 0 fully saturated rings. The van der Waals surface area contributed by atoms with E-state index >= 15 is 0 Å². The molecule has 1 aromatic heterocycles. The van der Waals surface area contributed by atoms with E-state index in [-0.39, 0.29) is 35.5 Å². The van der Waals surface area contributed by atoms with Crippen LogP contribution in [0.1, 0.15) is 28.3 Å². The van der Waals surface area contributed by atoms with Gasteiger partial charge in [-0.15, -0.1) is 0 Å². The van der Waals surface area contributed by atoms with Crippen LogP contribution in [0.15, 0.2) is 47.5 Å². The molecule has 0 radical (unpaired) electrons. The number of rotatable bonds is 4. The molecule has 2 heterocycles. The van der Waals surface area contributed by atoms with Gasteiger partial charge in [0.1, 0.15) is 41.7 Å². The Bertz CT molecular complexity index is 1360. The van der Waals surface area contributed by atoms with Crippen LogP contribution in [-0.4, -0.2) is 10.9 Å². The Labute approximate surface area is 199 Å². The number of nitrogens with two attached hydrogens (primary N) is 2. The number of ether oxygens (including phenoxy) is 1. The van der Waals surface area contributed by atoms with E-state index in [1.54, 1.807) is 30.3 Å². The summed E-state index contributed by atoms with van der Waals surface area (Å²) in [5.41, 5.74) is 14.2. The van der Waals surface area contributed by atoms with Crippen molar-refractivity contribution < 1.29 is 4.74 Å². The molecule has 4 rings (SSSR count). The number of aromatic nitrogens is 1. The number of hydrogen-bond acceptors (Lipinski definition) is 9. The number of nitrogens with zero attached hydrogens (tertiary/aromatic N) is 4. The molecule has 9 nitrogen and oxygen atoms in total. The minimum Gasteiger partial charge on any atom is -0.489 e. The number of aliphatic imine (C=N–C) groups is 1. The second-order valence-corrected chi connectivity index (χ2v) is 7.88. The third kappa shape index (κ3) is 4.41. The van der Waals surface area contributed by atoms with Gasteiger partial charge in [-0.3, -0.25) is 5.32 Å². The van der Waals surface area contributed by atoms with Crippen molar-refractivity contribution >= 4 is 46.5 Å². The Hall–Kier alpha value is -4.18. The molecule has 3 aromatic rings. The van der Waals surface area contributed by atoms with E-state index < -0.39 is 6.04 Å². The zero-order valence-electron chi connectivity index (χ0n) is 16.9. The van der Waals surface area contributed by atoms with Gasteiger partial charge >= 0.3 is 0 Å². The minimum atomic E-state index is -0.787. The molecule has 1 atom stereocenters. The third-order valence-electron chi connectivity index (χ3n) is 4.91. The lowest BCUT2D eigenvalue weighted by Crippen LogP contribution is -2.32. The normalized spacial score (nSPS) is 14.2. The van der Waals surface area contributed by atoms with Crippen molar-refractivity contribution in [3.63, 3.8) is 0 Å². The molecule has 1 aliphatic heterocycles. The molecule has 0 saturated carbocycles. The Morgan fingerprint density at radius 3 is 2.64 bits per heavy atom. The van der Waals surface area contributed by atoms with Crippen molar-refractivity contribution in [2.24, 2.45) is 4.99 Å². The van der Waals surface area contributed by atoms with Crippen LogP contribution in [0.2, 0.25) is 10.0 Å². The largest absolute Gasteiger partial charge is 0.489 e. The van der Waals surface area contributed by atoms with E-state index in [0.29, 0.717) is 26.9 Å². The Morgan fingerprint density at radius 2 is 1.91 bits per heavy atom. The molecule has 1 unspecified atom stereocenters. The lowest BCUT2D eigenvalue weighted by Gasteiger charge is -2.27. The van der Waals surface area contributed by atoms with Crippen molar-refractivity contribution in [3.8, 4) is 18.0 Å². The molecular weight excluding hydrogens is 463 g/mol. The second kappa shape index (κ2) is 9.13. The lowest BCUT2D eigenvalue weighted by molar-refractivity contribution is 0.302. The van der Waals surface area contributed by atoms with Gasteiger partial charge in [-0.25, -0.2) is 9.98 Å². The molecule has 11 heteroatoms. The van der Waals surface area contributed by atoms with Crippen LogP contribution in [0, 0.1) is 22.8 Å². The predicted octanol–water partition coefficient (Wildman–Crippen LogP) is 3.95. The number of anilines is 3. The number of nitrogens with one attached hydrogen (secondary N) is 2. The monoisotopic (exact) mass is 478 g/mol. The van der Waals surface area contributed by atoms with Crippen LogP contribution < -0.4 is 26.8 Å². The van der Waals surface area contributed by atoms with E-state index in [9.17, 15) is 5.26 Å². The fourth-order valence-corrected chi connectivity index (χ4v) is 3.85. The van der Waals surface area contributed by atoms with Gasteiger partial charge in [0.25, 0.3) is 0 Å². The first-order valence-electron chi connectivity index (χ1n) is 9.56. The summed E-state index contributed by atoms with van der Waals surface area (Å²) >= 11 is 12.4. The molecule has 1 aliphatic rings. The van der Waals surface area contributed by atoms with Crippen LogP contribution in [0.5, 0.6) is 5.75 Å². The quantitative estimate of drug-likeness (QED) is 0.324. The van der Waals surface area contributed by atoms with Gasteiger partial charge in [-0.05, 0) is 35.9 Å². The minimum absolute atomic E-state index is 0.0378. The van der Waals surface area contributed by atoms with Crippen LogP contribution in [-0.2, 0) is 6.61 Å². The van der Waals surface area contributed by atoms with E-state index in [4.69, 9.17) is 44.7 Å². The van der Waals surface area contributed by atoms with Crippen molar-refractivity contribution in [3.05, 3.63) is 74.8 Å². The molecular formula is C22H16Cl2N8O. The smallest absolute Gasteiger partial charge is 0.211 e. The highest BCUT2D eigenvalue weighted by molar-refractivity contribution is 6.31. The number of nitriles is 2. The van der Waals surface area contributed by atoms with Crippen LogP contribution >= 0.6 is 23.2 Å². The van der Waals surface area contributed by atoms with Crippen LogP contribution in [0.4, 0.5) is 17.3 Å². The summed E-state index contributed by atoms with van der Waals surface area (Å²) in [6.45, 7) is 0.235. The van der Waals surface area contributed by atoms with E-state index in [1.807, 2.05) is 24.4 Å². The van der Waals surface area contributed by atoms with Crippen molar-refractivity contribution in [2.45, 2.75) is 12.6 Å². The highest BCUT2D eigenvalue weighted by atomic mass is 35.5. The van der Waals surface area contributed by atoms with Gasteiger partial charge in [0.2, 0.25) is 5.96 Å². The van der Waals surface area contributed by atoms with Gasteiger partial charge in [-0.1, -0.05) is 35.3 Å². The zero-order chi connectivity index (χ0) is 23.5. The maximum absolute atomic E-state index is 9.51. The summed E-state index contributed by atoms with van der Waals surface area (Å²) in [6, 6.07) is 13.6. The average Bonchev–Trinajstić information content (AvgIpc) is 2.78. The molecule has 2 aromatic carbocycles. The van der Waals surface area contributed by atoms with Crippen LogP contribution in [0.3, 0.4) is 0 Å². The molecule has 0 spiro atoms. The second-order valence-electron chi connectivity index (χ2n) is 7.00. The predicted molar refractivity (Wildman–Crippen MR) is 127 cm³/mol. The SMILES string of the molecule is N#CNC1=NC(c2cc(Cl)ccc2OCc2cccc(Cl)c2)c2c(nc(N)c(C#N)c2N)N1. The highest BCUT2D eigenvalue weighted by Crippen LogP contribution is 2.44. The number of fused-ring (bicyclic) bond motifs is 1. The van der Waals surface area contributed by atoms with E-state index in [0.717, 1.165) is 5.56 Å². The van der Waals surface area contributed by atoms with Gasteiger partial charge < -0.3 is 21.5 Å². The Morgan fingerprint density at radius 1 is 1.12 bits per heavy atom. The number of halogens is 2. The first-order valence-corrected chi connectivity index (χ1v) is 10.3. The number of nitrogen functional groups attached to an aromatic ring is 2. The Balaban J connectivity index is 1.83. The Kier molecular flexibility index (Phi) is 6.09. The number of benzene rings is 2. The van der Waals surface area contributed by atoms with Gasteiger partial charge in [0.15, 0.2) is 6.19 Å². The number of pyridine rings is 1. The summed E-state index contributed by atoms with van der Waals surface area (Å²) in [5, 5.41) is 25.0. The molecule has 6 N–H and O–H groups in total. The summed E-state index contributed by atoms with van der Waals surface area (Å²) < 4.78 is 6.07. The number of guanidine groups is 1. The molecule has 0 amide bonds. The van der Waals surface area contributed by atoms with E-state index in [2.05, 4.69) is 20.6 Å². The first kappa shape index (κ1) is 22.0. The summed E-state index contributed by atoms with van der Waals surface area (Å²) in [6.07, 6.45) is 1.81. The summed E-state index contributed by atoms with van der Waals surface area (Å²) in [7, 11) is 0. The maximum atomic E-state index is 9.51. The molecule has 33 heavy (non-hydrogen) atoms. The van der Waals surface area contributed by atoms with E-state index in [1.165, 1.54) is 0 Å². The summed E-state index contributed by atoms with van der Waals surface area (Å²) in [4.78, 5) is 8.82. The third-order valence-corrected chi connectivity index (χ3v) is 5.38. The molecule has 0 saturated heterocycles. The van der Waals surface area contributed by atoms with Gasteiger partial charge in [-0.2, -0.15) is 10.5 Å². The summed E-state index contributed by atoms with van der Waals surface area (Å²) in [5.74, 6) is 0.836. The standard InChI is InChI=1S/C22H16Cl2N8O/c23-12-3-1-2-11(6-12)9-33-16-5-4-13(24)7-14(16)19-17-18(27)15(8-25)20(28)31-21(17)32-22(30-19)29-10-26/h1-7,19H,9H2,(H6,27,28,29,30,31,32). The van der Waals surface area contributed by atoms with Crippen molar-refractivity contribution in [2.75, 3.05) is 16.8 Å². The molecule has 0 aliphatic carbocycles. The zero-order valence-corrected chi connectivity index (χ0v) is 18.4. The van der Waals surface area contributed by atoms with Gasteiger partial charge in [0.05, 0.1) is 5.69 Å². The maximum Gasteiger partial charge on any atom is 0.211 e.